The fourth-order valence-electron chi connectivity index (χ4n) is 1.12. The second kappa shape index (κ2) is 7.04. The Morgan fingerprint density at radius 1 is 1.40 bits per heavy atom. The quantitative estimate of drug-likeness (QED) is 0.516. The van der Waals surface area contributed by atoms with E-state index in [0.717, 1.165) is 0 Å². The van der Waals surface area contributed by atoms with Gasteiger partial charge in [-0.3, -0.25) is 4.79 Å². The number of ether oxygens (including phenoxy) is 2. The molecule has 0 spiro atoms. The van der Waals surface area contributed by atoms with Gasteiger partial charge >= 0.3 is 11.9 Å². The van der Waals surface area contributed by atoms with Crippen LogP contribution in [0.1, 0.15) is 27.2 Å². The molecule has 0 bridgehead atoms. The average Bonchev–Trinajstić information content (AvgIpc) is 2.24. The summed E-state index contributed by atoms with van der Waals surface area (Å²) in [7, 11) is 1.28. The zero-order valence-electron chi connectivity index (χ0n) is 9.65. The van der Waals surface area contributed by atoms with Gasteiger partial charge in [0.2, 0.25) is 6.10 Å². The molecule has 0 fully saturated rings. The van der Waals surface area contributed by atoms with Crippen molar-refractivity contribution in [2.45, 2.75) is 33.3 Å². The third-order valence-corrected chi connectivity index (χ3v) is 1.95. The lowest BCUT2D eigenvalue weighted by molar-refractivity contribution is -0.168. The number of carbonyl (C=O) groups excluding carboxylic acids is 2. The number of methoxy groups -OCH3 is 1. The molecule has 0 amide bonds. The first-order valence-corrected chi connectivity index (χ1v) is 4.96. The molecule has 0 aliphatic rings. The molecule has 15 heavy (non-hydrogen) atoms. The first kappa shape index (κ1) is 13.7. The van der Waals surface area contributed by atoms with Crippen LogP contribution < -0.4 is 0 Å². The summed E-state index contributed by atoms with van der Waals surface area (Å²) in [4.78, 5) is 22.4. The lowest BCUT2D eigenvalue weighted by Crippen LogP contribution is -2.33. The molecule has 86 valence electrons. The highest BCUT2D eigenvalue weighted by Crippen LogP contribution is 2.12. The predicted molar refractivity (Wildman–Crippen MR) is 56.2 cm³/mol. The molecule has 4 heteroatoms. The van der Waals surface area contributed by atoms with Crippen molar-refractivity contribution >= 4 is 11.9 Å². The molecule has 0 saturated carbocycles. The Balaban J connectivity index is 4.57. The fraction of sp³-hybridized carbons (Fsp3) is 0.636. The Hall–Kier alpha value is -1.32. The van der Waals surface area contributed by atoms with Crippen molar-refractivity contribution in [3.05, 3.63) is 12.2 Å². The molecular formula is C11H18O4. The van der Waals surface area contributed by atoms with Gasteiger partial charge in [0, 0.05) is 12.3 Å². The Labute approximate surface area is 90.2 Å². The van der Waals surface area contributed by atoms with Crippen LogP contribution in [0, 0.1) is 5.92 Å². The molecule has 0 aromatic heterocycles. The minimum absolute atomic E-state index is 0.182. The van der Waals surface area contributed by atoms with Gasteiger partial charge in [-0.15, -0.1) is 0 Å². The van der Waals surface area contributed by atoms with Crippen LogP contribution in [-0.4, -0.2) is 25.2 Å². The summed E-state index contributed by atoms with van der Waals surface area (Å²) >= 11 is 0. The van der Waals surface area contributed by atoms with Crippen molar-refractivity contribution in [2.75, 3.05) is 7.11 Å². The first-order valence-electron chi connectivity index (χ1n) is 4.96. The Kier molecular flexibility index (Phi) is 6.42. The summed E-state index contributed by atoms with van der Waals surface area (Å²) < 4.78 is 9.58. The number of esters is 2. The molecule has 0 heterocycles. The molecule has 0 aromatic carbocycles. The van der Waals surface area contributed by atoms with E-state index in [1.54, 1.807) is 26.0 Å². The number of hydrogen-bond donors (Lipinski definition) is 0. The molecule has 0 saturated heterocycles. The molecule has 2 atom stereocenters. The van der Waals surface area contributed by atoms with Crippen LogP contribution >= 0.6 is 0 Å². The van der Waals surface area contributed by atoms with Crippen molar-refractivity contribution in [3.63, 3.8) is 0 Å². The summed E-state index contributed by atoms with van der Waals surface area (Å²) in [5.41, 5.74) is 0. The van der Waals surface area contributed by atoms with Gasteiger partial charge in [0.15, 0.2) is 0 Å². The zero-order chi connectivity index (χ0) is 11.8. The summed E-state index contributed by atoms with van der Waals surface area (Å²) in [6.07, 6.45) is 3.00. The number of hydrogen-bond acceptors (Lipinski definition) is 4. The van der Waals surface area contributed by atoms with E-state index in [2.05, 4.69) is 4.74 Å². The second-order valence-electron chi connectivity index (χ2n) is 3.17. The lowest BCUT2D eigenvalue weighted by atomic mass is 10.0. The molecular weight excluding hydrogens is 196 g/mol. The second-order valence-corrected chi connectivity index (χ2v) is 3.17. The fourth-order valence-corrected chi connectivity index (χ4v) is 1.12. The topological polar surface area (TPSA) is 52.6 Å². The van der Waals surface area contributed by atoms with Crippen LogP contribution in [0.5, 0.6) is 0 Å². The number of allylic oxidation sites excluding steroid dienone is 1. The Morgan fingerprint density at radius 3 is 2.40 bits per heavy atom. The largest absolute Gasteiger partial charge is 0.466 e. The van der Waals surface area contributed by atoms with Crippen LogP contribution in [0.3, 0.4) is 0 Å². The smallest absolute Gasteiger partial charge is 0.347 e. The van der Waals surface area contributed by atoms with Crippen molar-refractivity contribution in [1.29, 1.82) is 0 Å². The highest BCUT2D eigenvalue weighted by Gasteiger charge is 2.27. The van der Waals surface area contributed by atoms with Gasteiger partial charge in [-0.1, -0.05) is 26.0 Å². The highest BCUT2D eigenvalue weighted by atomic mass is 16.6. The van der Waals surface area contributed by atoms with Crippen LogP contribution in [0.15, 0.2) is 12.2 Å². The maximum absolute atomic E-state index is 11.3. The average molecular weight is 214 g/mol. The monoisotopic (exact) mass is 214 g/mol. The van der Waals surface area contributed by atoms with Gasteiger partial charge in [-0.05, 0) is 6.92 Å². The van der Waals surface area contributed by atoms with Gasteiger partial charge in [0.05, 0.1) is 7.11 Å². The molecule has 0 aliphatic heterocycles. The third-order valence-electron chi connectivity index (χ3n) is 1.95. The lowest BCUT2D eigenvalue weighted by Gasteiger charge is -2.19. The van der Waals surface area contributed by atoms with Gasteiger partial charge in [0.25, 0.3) is 0 Å². The van der Waals surface area contributed by atoms with Gasteiger partial charge in [0.1, 0.15) is 0 Å². The Morgan fingerprint density at radius 2 is 2.00 bits per heavy atom. The SMILES string of the molecule is C/C=C\[C@H](C)[C@H](OC(=O)CC)C(=O)OC. The maximum atomic E-state index is 11.3. The molecule has 0 unspecified atom stereocenters. The van der Waals surface area contributed by atoms with Crippen LogP contribution in [0.2, 0.25) is 0 Å². The third kappa shape index (κ3) is 4.63. The number of carbonyl (C=O) groups is 2. The molecule has 0 rings (SSSR count). The molecule has 0 N–H and O–H groups in total. The maximum Gasteiger partial charge on any atom is 0.347 e. The minimum Gasteiger partial charge on any atom is -0.466 e. The summed E-state index contributed by atoms with van der Waals surface area (Å²) in [6.45, 7) is 5.31. The molecule has 0 radical (unpaired) electrons. The van der Waals surface area contributed by atoms with Crippen molar-refractivity contribution < 1.29 is 19.1 Å². The van der Waals surface area contributed by atoms with Gasteiger partial charge in [-0.25, -0.2) is 4.79 Å². The summed E-state index contributed by atoms with van der Waals surface area (Å²) in [6, 6.07) is 0. The van der Waals surface area contributed by atoms with E-state index in [1.165, 1.54) is 7.11 Å². The van der Waals surface area contributed by atoms with E-state index in [-0.39, 0.29) is 12.3 Å². The van der Waals surface area contributed by atoms with Crippen molar-refractivity contribution in [1.82, 2.24) is 0 Å². The van der Waals surface area contributed by atoms with Crippen LogP contribution in [0.25, 0.3) is 0 Å². The van der Waals surface area contributed by atoms with Crippen molar-refractivity contribution in [3.8, 4) is 0 Å². The Bertz CT molecular complexity index is 245. The van der Waals surface area contributed by atoms with E-state index >= 15 is 0 Å². The van der Waals surface area contributed by atoms with Crippen molar-refractivity contribution in [2.24, 2.45) is 5.92 Å². The van der Waals surface area contributed by atoms with E-state index in [4.69, 9.17) is 4.74 Å². The molecule has 0 aliphatic carbocycles. The van der Waals surface area contributed by atoms with E-state index in [0.29, 0.717) is 0 Å². The minimum atomic E-state index is -0.848. The van der Waals surface area contributed by atoms with E-state index in [9.17, 15) is 9.59 Å². The van der Waals surface area contributed by atoms with Crippen LogP contribution in [0.4, 0.5) is 0 Å². The van der Waals surface area contributed by atoms with E-state index in [1.807, 2.05) is 6.92 Å². The van der Waals surface area contributed by atoms with Gasteiger partial charge < -0.3 is 9.47 Å². The standard InChI is InChI=1S/C11H18O4/c1-5-7-8(3)10(11(13)14-4)15-9(12)6-2/h5,7-8,10H,6H2,1-4H3/b7-5-/t8-,10-/m0/s1. The highest BCUT2D eigenvalue weighted by molar-refractivity contribution is 5.79. The zero-order valence-corrected chi connectivity index (χ0v) is 9.65. The normalized spacial score (nSPS) is 14.7. The van der Waals surface area contributed by atoms with Crippen LogP contribution in [-0.2, 0) is 19.1 Å². The number of rotatable bonds is 5. The van der Waals surface area contributed by atoms with Gasteiger partial charge in [-0.2, -0.15) is 0 Å². The molecule has 4 nitrogen and oxygen atoms in total. The summed E-state index contributed by atoms with van der Waals surface area (Å²) in [5.74, 6) is -1.11. The molecule has 0 aromatic rings. The summed E-state index contributed by atoms with van der Waals surface area (Å²) in [5, 5.41) is 0. The first-order chi connectivity index (χ1) is 7.06. The van der Waals surface area contributed by atoms with E-state index < -0.39 is 18.0 Å². The predicted octanol–water partition coefficient (Wildman–Crippen LogP) is 1.69.